The van der Waals surface area contributed by atoms with Crippen molar-refractivity contribution >= 4 is 0 Å². The van der Waals surface area contributed by atoms with E-state index in [4.69, 9.17) is 5.73 Å². The molecule has 1 atom stereocenters. The molecular weight excluding hydrogens is 216 g/mol. The molecule has 0 spiro atoms. The highest BCUT2D eigenvalue weighted by Gasteiger charge is 2.09. The van der Waals surface area contributed by atoms with Crippen LogP contribution in [0.2, 0.25) is 0 Å². The molecule has 0 amide bonds. The Labute approximate surface area is 100 Å². The van der Waals surface area contributed by atoms with E-state index < -0.39 is 0 Å². The summed E-state index contributed by atoms with van der Waals surface area (Å²) >= 11 is 0. The third-order valence-corrected chi connectivity index (χ3v) is 2.75. The zero-order valence-corrected chi connectivity index (χ0v) is 10.2. The molecule has 2 aromatic heterocycles. The van der Waals surface area contributed by atoms with E-state index in [1.807, 2.05) is 19.4 Å². The summed E-state index contributed by atoms with van der Waals surface area (Å²) in [6.07, 6.45) is 7.41. The van der Waals surface area contributed by atoms with Gasteiger partial charge in [-0.3, -0.25) is 4.68 Å². The normalized spacial score (nSPS) is 12.9. The largest absolute Gasteiger partial charge is 0.329 e. The fraction of sp³-hybridized carbons (Fsp3) is 0.545. The molecule has 0 aliphatic carbocycles. The quantitative estimate of drug-likeness (QED) is 0.809. The number of nitrogens with zero attached hydrogens (tertiary/aromatic N) is 5. The van der Waals surface area contributed by atoms with Crippen molar-refractivity contribution in [3.8, 4) is 0 Å². The van der Waals surface area contributed by atoms with Crippen LogP contribution >= 0.6 is 0 Å². The van der Waals surface area contributed by atoms with Gasteiger partial charge in [-0.1, -0.05) is 12.1 Å². The number of imidazole rings is 1. The van der Waals surface area contributed by atoms with Crippen molar-refractivity contribution in [2.24, 2.45) is 12.8 Å². The van der Waals surface area contributed by atoms with Gasteiger partial charge in [0.1, 0.15) is 11.5 Å². The standard InChI is InChI=1S/C11H18N6/c1-3-9(12)6-11-13-4-5-17(11)8-10-7-16(2)15-14-10/h4-5,7,9H,3,6,8,12H2,1-2H3. The van der Waals surface area contributed by atoms with E-state index in [9.17, 15) is 0 Å². The van der Waals surface area contributed by atoms with Crippen LogP contribution in [0, 0.1) is 0 Å². The summed E-state index contributed by atoms with van der Waals surface area (Å²) < 4.78 is 3.77. The van der Waals surface area contributed by atoms with Crippen molar-refractivity contribution in [3.05, 3.63) is 30.1 Å². The van der Waals surface area contributed by atoms with Crippen LogP contribution in [0.4, 0.5) is 0 Å². The summed E-state index contributed by atoms with van der Waals surface area (Å²) in [4.78, 5) is 4.34. The smallest absolute Gasteiger partial charge is 0.110 e. The lowest BCUT2D eigenvalue weighted by molar-refractivity contribution is 0.594. The van der Waals surface area contributed by atoms with Crippen LogP contribution in [0.25, 0.3) is 0 Å². The maximum atomic E-state index is 5.95. The SMILES string of the molecule is CCC(N)Cc1nccn1Cc1cn(C)nn1. The van der Waals surface area contributed by atoms with E-state index in [0.717, 1.165) is 24.4 Å². The van der Waals surface area contributed by atoms with Gasteiger partial charge in [-0.25, -0.2) is 4.98 Å². The molecule has 6 nitrogen and oxygen atoms in total. The number of rotatable bonds is 5. The van der Waals surface area contributed by atoms with Crippen LogP contribution in [-0.2, 0) is 20.0 Å². The Hall–Kier alpha value is -1.69. The van der Waals surface area contributed by atoms with E-state index in [-0.39, 0.29) is 6.04 Å². The second-order valence-electron chi connectivity index (χ2n) is 4.23. The van der Waals surface area contributed by atoms with Gasteiger partial charge in [-0.2, -0.15) is 0 Å². The Morgan fingerprint density at radius 3 is 2.94 bits per heavy atom. The molecule has 0 fully saturated rings. The van der Waals surface area contributed by atoms with Gasteiger partial charge in [0.05, 0.1) is 6.54 Å². The number of hydrogen-bond acceptors (Lipinski definition) is 4. The minimum Gasteiger partial charge on any atom is -0.329 e. The maximum absolute atomic E-state index is 5.95. The molecule has 1 unspecified atom stereocenters. The second-order valence-corrected chi connectivity index (χ2v) is 4.23. The van der Waals surface area contributed by atoms with Crippen LogP contribution in [0.3, 0.4) is 0 Å². The van der Waals surface area contributed by atoms with Gasteiger partial charge >= 0.3 is 0 Å². The van der Waals surface area contributed by atoms with Gasteiger partial charge in [0, 0.05) is 38.1 Å². The molecule has 2 heterocycles. The van der Waals surface area contributed by atoms with Crippen molar-refractivity contribution < 1.29 is 0 Å². The van der Waals surface area contributed by atoms with Crippen LogP contribution in [0.15, 0.2) is 18.6 Å². The molecular formula is C11H18N6. The summed E-state index contributed by atoms with van der Waals surface area (Å²) in [5.74, 6) is 1.00. The molecule has 92 valence electrons. The molecule has 0 saturated heterocycles. The Bertz CT molecular complexity index is 472. The van der Waals surface area contributed by atoms with Crippen LogP contribution < -0.4 is 5.73 Å². The van der Waals surface area contributed by atoms with E-state index in [1.54, 1.807) is 10.9 Å². The first-order valence-electron chi connectivity index (χ1n) is 5.79. The zero-order valence-electron chi connectivity index (χ0n) is 10.2. The average molecular weight is 234 g/mol. The summed E-state index contributed by atoms with van der Waals surface area (Å²) in [7, 11) is 1.86. The Morgan fingerprint density at radius 1 is 1.47 bits per heavy atom. The number of aromatic nitrogens is 5. The van der Waals surface area contributed by atoms with Gasteiger partial charge in [0.2, 0.25) is 0 Å². The molecule has 0 saturated carbocycles. The molecule has 6 heteroatoms. The first-order valence-corrected chi connectivity index (χ1v) is 5.79. The van der Waals surface area contributed by atoms with E-state index in [0.29, 0.717) is 6.54 Å². The second kappa shape index (κ2) is 5.09. The van der Waals surface area contributed by atoms with E-state index in [1.165, 1.54) is 0 Å². The molecule has 0 radical (unpaired) electrons. The van der Waals surface area contributed by atoms with Gasteiger partial charge in [-0.05, 0) is 6.42 Å². The highest BCUT2D eigenvalue weighted by Crippen LogP contribution is 2.05. The van der Waals surface area contributed by atoms with Crippen LogP contribution in [-0.4, -0.2) is 30.6 Å². The van der Waals surface area contributed by atoms with Crippen molar-refractivity contribution in [3.63, 3.8) is 0 Å². The molecule has 2 rings (SSSR count). The molecule has 0 bridgehead atoms. The first kappa shape index (κ1) is 11.8. The fourth-order valence-electron chi connectivity index (χ4n) is 1.70. The number of hydrogen-bond donors (Lipinski definition) is 1. The zero-order chi connectivity index (χ0) is 12.3. The van der Waals surface area contributed by atoms with Crippen molar-refractivity contribution in [2.75, 3.05) is 0 Å². The lowest BCUT2D eigenvalue weighted by Crippen LogP contribution is -2.23. The van der Waals surface area contributed by atoms with Crippen LogP contribution in [0.1, 0.15) is 24.9 Å². The Morgan fingerprint density at radius 2 is 2.29 bits per heavy atom. The number of aryl methyl sites for hydroxylation is 1. The molecule has 0 aliphatic rings. The van der Waals surface area contributed by atoms with Crippen molar-refractivity contribution in [1.29, 1.82) is 0 Å². The van der Waals surface area contributed by atoms with Gasteiger partial charge < -0.3 is 10.3 Å². The average Bonchev–Trinajstić information content (AvgIpc) is 2.89. The van der Waals surface area contributed by atoms with E-state index in [2.05, 4.69) is 26.8 Å². The Kier molecular flexibility index (Phi) is 3.53. The topological polar surface area (TPSA) is 74.5 Å². The van der Waals surface area contributed by atoms with Gasteiger partial charge in [0.15, 0.2) is 0 Å². The number of nitrogens with two attached hydrogens (primary N) is 1. The van der Waals surface area contributed by atoms with Crippen molar-refractivity contribution in [2.45, 2.75) is 32.4 Å². The summed E-state index contributed by atoms with van der Waals surface area (Å²) in [6.45, 7) is 2.78. The maximum Gasteiger partial charge on any atom is 0.110 e. The lowest BCUT2D eigenvalue weighted by Gasteiger charge is -2.10. The monoisotopic (exact) mass is 234 g/mol. The third kappa shape index (κ3) is 2.91. The predicted molar refractivity (Wildman–Crippen MR) is 64.3 cm³/mol. The van der Waals surface area contributed by atoms with Crippen molar-refractivity contribution in [1.82, 2.24) is 24.5 Å². The van der Waals surface area contributed by atoms with Gasteiger partial charge in [-0.15, -0.1) is 5.10 Å². The molecule has 17 heavy (non-hydrogen) atoms. The van der Waals surface area contributed by atoms with E-state index >= 15 is 0 Å². The van der Waals surface area contributed by atoms with Crippen LogP contribution in [0.5, 0.6) is 0 Å². The highest BCUT2D eigenvalue weighted by molar-refractivity contribution is 5.01. The minimum atomic E-state index is 0.165. The Balaban J connectivity index is 2.08. The summed E-state index contributed by atoms with van der Waals surface area (Å²) in [5.41, 5.74) is 6.87. The van der Waals surface area contributed by atoms with Gasteiger partial charge in [0.25, 0.3) is 0 Å². The lowest BCUT2D eigenvalue weighted by atomic mass is 10.1. The molecule has 2 N–H and O–H groups in total. The fourth-order valence-corrected chi connectivity index (χ4v) is 1.70. The summed E-state index contributed by atoms with van der Waals surface area (Å²) in [5, 5.41) is 7.98. The molecule has 2 aromatic rings. The predicted octanol–water partition coefficient (Wildman–Crippen LogP) is 0.340. The first-order chi connectivity index (χ1) is 8.19. The molecule has 0 aliphatic heterocycles. The third-order valence-electron chi connectivity index (χ3n) is 2.75. The highest BCUT2D eigenvalue weighted by atomic mass is 15.4. The molecule has 0 aromatic carbocycles. The minimum absolute atomic E-state index is 0.165. The summed E-state index contributed by atoms with van der Waals surface area (Å²) in [6, 6.07) is 0.165.